The molecule has 2 fully saturated rings. The number of aromatic amines is 1. The van der Waals surface area contributed by atoms with Crippen LogP contribution in [0.3, 0.4) is 0 Å². The van der Waals surface area contributed by atoms with Crippen molar-refractivity contribution in [3.63, 3.8) is 0 Å². The van der Waals surface area contributed by atoms with Gasteiger partial charge in [0.05, 0.1) is 6.10 Å². The van der Waals surface area contributed by atoms with Gasteiger partial charge in [0, 0.05) is 32.2 Å². The van der Waals surface area contributed by atoms with Gasteiger partial charge in [0.15, 0.2) is 0 Å². The topological polar surface area (TPSA) is 80.1 Å². The quantitative estimate of drug-likeness (QED) is 0.843. The van der Waals surface area contributed by atoms with E-state index >= 15 is 0 Å². The number of hydrogen-bond acceptors (Lipinski definition) is 5. The van der Waals surface area contributed by atoms with E-state index in [-0.39, 0.29) is 6.04 Å². The maximum Gasteiger partial charge on any atom is 0.244 e. The van der Waals surface area contributed by atoms with E-state index in [2.05, 4.69) is 27.0 Å². The molecule has 1 saturated heterocycles. The third-order valence-electron chi connectivity index (χ3n) is 4.34. The molecule has 1 saturated carbocycles. The normalized spacial score (nSPS) is 30.3. The van der Waals surface area contributed by atoms with Crippen molar-refractivity contribution in [2.24, 2.45) is 11.7 Å². The fourth-order valence-electron chi connectivity index (χ4n) is 3.20. The molecule has 0 amide bonds. The Hall–Kier alpha value is -1.14. The third-order valence-corrected chi connectivity index (χ3v) is 4.34. The van der Waals surface area contributed by atoms with E-state index in [0.29, 0.717) is 12.0 Å². The van der Waals surface area contributed by atoms with Crippen LogP contribution >= 0.6 is 0 Å². The van der Waals surface area contributed by atoms with Gasteiger partial charge in [-0.25, -0.2) is 0 Å². The number of nitrogens with one attached hydrogen (secondary N) is 1. The number of nitrogens with zero attached hydrogens (tertiary/aromatic N) is 3. The molecular weight excluding hydrogens is 254 g/mol. The minimum Gasteiger partial charge on any atom is -0.378 e. The summed E-state index contributed by atoms with van der Waals surface area (Å²) in [6, 6.07) is 0.254. The van der Waals surface area contributed by atoms with Crippen molar-refractivity contribution in [1.29, 1.82) is 0 Å². The average Bonchev–Trinajstić information content (AvgIpc) is 2.85. The molecular formula is C14H25N5O. The molecule has 1 aliphatic carbocycles. The molecule has 6 nitrogen and oxygen atoms in total. The summed E-state index contributed by atoms with van der Waals surface area (Å²) in [6.07, 6.45) is 5.98. The largest absolute Gasteiger partial charge is 0.378 e. The minimum atomic E-state index is 0.254. The molecule has 2 heterocycles. The summed E-state index contributed by atoms with van der Waals surface area (Å²) in [4.78, 5) is 6.82. The van der Waals surface area contributed by atoms with Gasteiger partial charge in [0.1, 0.15) is 5.82 Å². The SMILES string of the molecule is CCOC1CC(Cc2nc(N3CCCC(N)C3)n[nH]2)C1. The molecule has 0 aromatic carbocycles. The maximum absolute atomic E-state index is 6.00. The van der Waals surface area contributed by atoms with Crippen LogP contribution in [0.2, 0.25) is 0 Å². The molecule has 112 valence electrons. The molecule has 1 atom stereocenters. The molecule has 2 aliphatic rings. The zero-order valence-corrected chi connectivity index (χ0v) is 12.2. The van der Waals surface area contributed by atoms with Gasteiger partial charge in [0.2, 0.25) is 5.95 Å². The average molecular weight is 279 g/mol. The number of piperidine rings is 1. The van der Waals surface area contributed by atoms with Crippen molar-refractivity contribution < 1.29 is 4.74 Å². The molecule has 1 aromatic rings. The van der Waals surface area contributed by atoms with Crippen LogP contribution in [0, 0.1) is 5.92 Å². The molecule has 3 N–H and O–H groups in total. The number of rotatable bonds is 5. The highest BCUT2D eigenvalue weighted by Gasteiger charge is 2.30. The lowest BCUT2D eigenvalue weighted by molar-refractivity contribution is -0.0245. The first-order valence-electron chi connectivity index (χ1n) is 7.78. The molecule has 0 spiro atoms. The molecule has 20 heavy (non-hydrogen) atoms. The highest BCUT2D eigenvalue weighted by atomic mass is 16.5. The van der Waals surface area contributed by atoms with Crippen LogP contribution in [0.5, 0.6) is 0 Å². The van der Waals surface area contributed by atoms with Crippen LogP contribution in [0.25, 0.3) is 0 Å². The van der Waals surface area contributed by atoms with Crippen LogP contribution in [-0.4, -0.2) is 47.0 Å². The predicted molar refractivity (Wildman–Crippen MR) is 77.6 cm³/mol. The standard InChI is InChI=1S/C14H25N5O/c1-2-20-12-6-10(7-12)8-13-16-14(18-17-13)19-5-3-4-11(15)9-19/h10-12H,2-9,15H2,1H3,(H,16,17,18). The molecule has 3 rings (SSSR count). The number of ether oxygens (including phenoxy) is 1. The number of hydrogen-bond donors (Lipinski definition) is 2. The van der Waals surface area contributed by atoms with Crippen molar-refractivity contribution in [3.05, 3.63) is 5.82 Å². The zero-order valence-electron chi connectivity index (χ0n) is 12.2. The second-order valence-corrected chi connectivity index (χ2v) is 6.05. The van der Waals surface area contributed by atoms with Crippen LogP contribution in [0.15, 0.2) is 0 Å². The van der Waals surface area contributed by atoms with Crippen molar-refractivity contribution in [2.45, 2.75) is 51.2 Å². The molecule has 1 aromatic heterocycles. The molecule has 0 radical (unpaired) electrons. The van der Waals surface area contributed by atoms with E-state index in [1.165, 1.54) is 0 Å². The Morgan fingerprint density at radius 1 is 1.45 bits per heavy atom. The van der Waals surface area contributed by atoms with Crippen LogP contribution < -0.4 is 10.6 Å². The summed E-state index contributed by atoms with van der Waals surface area (Å²) < 4.78 is 5.59. The molecule has 1 aliphatic heterocycles. The van der Waals surface area contributed by atoms with Gasteiger partial charge in [-0.15, -0.1) is 5.10 Å². The van der Waals surface area contributed by atoms with Gasteiger partial charge in [-0.2, -0.15) is 4.98 Å². The predicted octanol–water partition coefficient (Wildman–Crippen LogP) is 1.09. The second kappa shape index (κ2) is 6.10. The van der Waals surface area contributed by atoms with E-state index in [9.17, 15) is 0 Å². The van der Waals surface area contributed by atoms with Gasteiger partial charge in [-0.1, -0.05) is 0 Å². The lowest BCUT2D eigenvalue weighted by atomic mass is 9.80. The fourth-order valence-corrected chi connectivity index (χ4v) is 3.20. The number of nitrogens with two attached hydrogens (primary N) is 1. The Bertz CT molecular complexity index is 429. The number of H-pyrrole nitrogens is 1. The summed E-state index contributed by atoms with van der Waals surface area (Å²) in [5.41, 5.74) is 6.00. The Balaban J connectivity index is 1.50. The van der Waals surface area contributed by atoms with Crippen LogP contribution in [0.4, 0.5) is 5.95 Å². The Morgan fingerprint density at radius 2 is 2.30 bits per heavy atom. The summed E-state index contributed by atoms with van der Waals surface area (Å²) in [7, 11) is 0. The van der Waals surface area contributed by atoms with Gasteiger partial charge in [0.25, 0.3) is 0 Å². The van der Waals surface area contributed by atoms with Crippen molar-refractivity contribution >= 4 is 5.95 Å². The van der Waals surface area contributed by atoms with Crippen molar-refractivity contribution in [1.82, 2.24) is 15.2 Å². The molecule has 6 heteroatoms. The summed E-state index contributed by atoms with van der Waals surface area (Å²) in [5, 5.41) is 7.42. The van der Waals surface area contributed by atoms with Gasteiger partial charge < -0.3 is 15.4 Å². The number of aromatic nitrogens is 3. The summed E-state index contributed by atoms with van der Waals surface area (Å²) in [6.45, 7) is 4.76. The van der Waals surface area contributed by atoms with Crippen molar-refractivity contribution in [2.75, 3.05) is 24.6 Å². The monoisotopic (exact) mass is 279 g/mol. The summed E-state index contributed by atoms with van der Waals surface area (Å²) >= 11 is 0. The van der Waals surface area contributed by atoms with E-state index in [1.807, 2.05) is 0 Å². The van der Waals surface area contributed by atoms with E-state index < -0.39 is 0 Å². The first-order valence-corrected chi connectivity index (χ1v) is 7.78. The maximum atomic E-state index is 6.00. The Kier molecular flexibility index (Phi) is 4.21. The zero-order chi connectivity index (χ0) is 13.9. The first-order chi connectivity index (χ1) is 9.74. The van der Waals surface area contributed by atoms with E-state index in [1.54, 1.807) is 0 Å². The molecule has 0 bridgehead atoms. The van der Waals surface area contributed by atoms with Crippen molar-refractivity contribution in [3.8, 4) is 0 Å². The van der Waals surface area contributed by atoms with Crippen LogP contribution in [0.1, 0.15) is 38.4 Å². The third kappa shape index (κ3) is 3.12. The Labute approximate surface area is 120 Å². The van der Waals surface area contributed by atoms with Gasteiger partial charge in [-0.3, -0.25) is 5.10 Å². The highest BCUT2D eigenvalue weighted by molar-refractivity contribution is 5.30. The lowest BCUT2D eigenvalue weighted by Crippen LogP contribution is -2.43. The van der Waals surface area contributed by atoms with Gasteiger partial charge >= 0.3 is 0 Å². The lowest BCUT2D eigenvalue weighted by Gasteiger charge is -2.34. The van der Waals surface area contributed by atoms with Gasteiger partial charge in [-0.05, 0) is 38.5 Å². The summed E-state index contributed by atoms with van der Waals surface area (Å²) in [5.74, 6) is 2.51. The number of anilines is 1. The molecule has 1 unspecified atom stereocenters. The van der Waals surface area contributed by atoms with E-state index in [4.69, 9.17) is 10.5 Å². The Morgan fingerprint density at radius 3 is 3.05 bits per heavy atom. The van der Waals surface area contributed by atoms with E-state index in [0.717, 1.165) is 63.6 Å². The first kappa shape index (κ1) is 13.8. The smallest absolute Gasteiger partial charge is 0.244 e. The minimum absolute atomic E-state index is 0.254. The fraction of sp³-hybridized carbons (Fsp3) is 0.857. The second-order valence-electron chi connectivity index (χ2n) is 6.05. The van der Waals surface area contributed by atoms with Crippen LogP contribution in [-0.2, 0) is 11.2 Å². The highest BCUT2D eigenvalue weighted by Crippen LogP contribution is 2.32.